The number of hydrogen-bond acceptors (Lipinski definition) is 1. The van der Waals surface area contributed by atoms with Gasteiger partial charge in [0.05, 0.1) is 5.69 Å². The molecule has 0 aliphatic heterocycles. The van der Waals surface area contributed by atoms with Crippen molar-refractivity contribution in [3.63, 3.8) is 0 Å². The van der Waals surface area contributed by atoms with E-state index in [9.17, 15) is 4.79 Å². The van der Waals surface area contributed by atoms with Crippen LogP contribution in [-0.4, -0.2) is 10.7 Å². The second-order valence-electron chi connectivity index (χ2n) is 6.70. The van der Waals surface area contributed by atoms with Crippen LogP contribution < -0.4 is 0 Å². The fraction of sp³-hybridized carbons (Fsp3) is 0.0417. The van der Waals surface area contributed by atoms with Crippen molar-refractivity contribution in [2.45, 2.75) is 6.92 Å². The molecule has 0 saturated carbocycles. The van der Waals surface area contributed by atoms with Crippen molar-refractivity contribution in [1.82, 2.24) is 4.40 Å². The van der Waals surface area contributed by atoms with Gasteiger partial charge in [-0.1, -0.05) is 54.6 Å². The van der Waals surface area contributed by atoms with Crippen LogP contribution in [0.1, 0.15) is 16.1 Å². The van der Waals surface area contributed by atoms with Gasteiger partial charge in [-0.15, -0.1) is 0 Å². The van der Waals surface area contributed by atoms with Crippen molar-refractivity contribution in [2.75, 3.05) is 0 Å². The van der Waals surface area contributed by atoms with Crippen LogP contribution in [0.5, 0.6) is 0 Å². The van der Waals surface area contributed by atoms with Gasteiger partial charge in [-0.05, 0) is 57.8 Å². The largest absolute Gasteiger partial charge is 0.313 e. The lowest BCUT2D eigenvalue weighted by Gasteiger charge is -2.11. The number of aromatic nitrogens is 1. The summed E-state index contributed by atoms with van der Waals surface area (Å²) in [7, 11) is 0. The highest BCUT2D eigenvalue weighted by Crippen LogP contribution is 2.39. The minimum Gasteiger partial charge on any atom is -0.313 e. The normalized spacial score (nSPS) is 11.4. The summed E-state index contributed by atoms with van der Waals surface area (Å²) < 4.78 is 1.99. The zero-order valence-corrected chi connectivity index (χ0v) is 14.4. The molecule has 0 amide bonds. The first kappa shape index (κ1) is 14.9. The van der Waals surface area contributed by atoms with E-state index < -0.39 is 0 Å². The van der Waals surface area contributed by atoms with Gasteiger partial charge in [-0.3, -0.25) is 4.79 Å². The smallest absolute Gasteiger partial charge is 0.167 e. The lowest BCUT2D eigenvalue weighted by Crippen LogP contribution is -1.94. The second kappa shape index (κ2) is 5.57. The molecule has 124 valence electrons. The number of benzene rings is 3. The molecule has 2 heterocycles. The number of pyridine rings is 1. The van der Waals surface area contributed by atoms with Gasteiger partial charge in [0.2, 0.25) is 0 Å². The SMILES string of the molecule is Cc1cccn2c(C=O)c(-c3c4ccccc4cc4ccccc34)cc12. The van der Waals surface area contributed by atoms with Crippen molar-refractivity contribution < 1.29 is 4.79 Å². The van der Waals surface area contributed by atoms with Crippen molar-refractivity contribution in [2.24, 2.45) is 0 Å². The molecule has 0 spiro atoms. The third kappa shape index (κ3) is 2.02. The first-order chi connectivity index (χ1) is 12.8. The van der Waals surface area contributed by atoms with Crippen molar-refractivity contribution >= 4 is 33.3 Å². The minimum absolute atomic E-state index is 0.699. The van der Waals surface area contributed by atoms with Crippen LogP contribution in [0.3, 0.4) is 0 Å². The van der Waals surface area contributed by atoms with E-state index in [0.29, 0.717) is 5.69 Å². The zero-order valence-electron chi connectivity index (χ0n) is 14.4. The number of aldehydes is 1. The van der Waals surface area contributed by atoms with Crippen LogP contribution >= 0.6 is 0 Å². The molecule has 2 aromatic heterocycles. The third-order valence-corrected chi connectivity index (χ3v) is 5.21. The topological polar surface area (TPSA) is 21.5 Å². The maximum Gasteiger partial charge on any atom is 0.167 e. The number of rotatable bonds is 2. The fourth-order valence-electron chi connectivity index (χ4n) is 3.99. The molecule has 0 atom stereocenters. The molecule has 0 bridgehead atoms. The predicted molar refractivity (Wildman–Crippen MR) is 108 cm³/mol. The highest BCUT2D eigenvalue weighted by molar-refractivity contribution is 6.14. The molecule has 5 rings (SSSR count). The summed E-state index contributed by atoms with van der Waals surface area (Å²) in [4.78, 5) is 12.0. The van der Waals surface area contributed by atoms with Crippen molar-refractivity contribution in [3.05, 3.63) is 90.3 Å². The average molecular weight is 335 g/mol. The van der Waals surface area contributed by atoms with E-state index in [2.05, 4.69) is 73.7 Å². The Morgan fingerprint density at radius 2 is 1.46 bits per heavy atom. The highest BCUT2D eigenvalue weighted by atomic mass is 16.1. The molecule has 0 unspecified atom stereocenters. The predicted octanol–water partition coefficient (Wildman–Crippen LogP) is 6.03. The molecular formula is C24H17NO. The lowest BCUT2D eigenvalue weighted by atomic mass is 9.92. The van der Waals surface area contributed by atoms with Crippen LogP contribution in [0.4, 0.5) is 0 Å². The van der Waals surface area contributed by atoms with Crippen molar-refractivity contribution in [1.29, 1.82) is 0 Å². The number of nitrogens with zero attached hydrogens (tertiary/aromatic N) is 1. The summed E-state index contributed by atoms with van der Waals surface area (Å²) in [6.07, 6.45) is 2.93. The molecule has 0 saturated heterocycles. The Morgan fingerprint density at radius 3 is 2.12 bits per heavy atom. The number of hydrogen-bond donors (Lipinski definition) is 0. The monoisotopic (exact) mass is 335 g/mol. The van der Waals surface area contributed by atoms with E-state index in [0.717, 1.165) is 28.5 Å². The van der Waals surface area contributed by atoms with Crippen LogP contribution in [0.15, 0.2) is 79.0 Å². The molecule has 0 aliphatic rings. The quantitative estimate of drug-likeness (QED) is 0.285. The Kier molecular flexibility index (Phi) is 3.19. The van der Waals surface area contributed by atoms with Gasteiger partial charge in [-0.25, -0.2) is 0 Å². The summed E-state index contributed by atoms with van der Waals surface area (Å²) in [5.41, 5.74) is 5.05. The number of carbonyl (C=O) groups excluding carboxylic acids is 1. The third-order valence-electron chi connectivity index (χ3n) is 5.21. The minimum atomic E-state index is 0.699. The van der Waals surface area contributed by atoms with Gasteiger partial charge in [0.1, 0.15) is 0 Å². The molecule has 0 radical (unpaired) electrons. The van der Waals surface area contributed by atoms with E-state index >= 15 is 0 Å². The Bertz CT molecular complexity index is 1260. The Labute approximate surface area is 151 Å². The van der Waals surface area contributed by atoms with E-state index in [4.69, 9.17) is 0 Å². The fourth-order valence-corrected chi connectivity index (χ4v) is 3.99. The van der Waals surface area contributed by atoms with E-state index in [1.165, 1.54) is 21.5 Å². The molecule has 3 aromatic carbocycles. The molecule has 0 aliphatic carbocycles. The van der Waals surface area contributed by atoms with E-state index in [1.807, 2.05) is 16.7 Å². The molecule has 0 fully saturated rings. The summed E-state index contributed by atoms with van der Waals surface area (Å²) in [6, 6.07) is 25.2. The maximum atomic E-state index is 12.0. The average Bonchev–Trinajstić information content (AvgIpc) is 3.05. The first-order valence-electron chi connectivity index (χ1n) is 8.74. The number of aryl methyl sites for hydroxylation is 1. The van der Waals surface area contributed by atoms with Gasteiger partial charge in [-0.2, -0.15) is 0 Å². The van der Waals surface area contributed by atoms with Gasteiger partial charge in [0, 0.05) is 17.3 Å². The van der Waals surface area contributed by atoms with Gasteiger partial charge >= 0.3 is 0 Å². The molecule has 2 heteroatoms. The standard InChI is InChI=1S/C24H17NO/c1-16-7-6-12-25-22(16)14-21(23(25)15-26)24-19-10-4-2-8-17(19)13-18-9-3-5-11-20(18)24/h2-15H,1H3. The van der Waals surface area contributed by atoms with Crippen LogP contribution in [-0.2, 0) is 0 Å². The lowest BCUT2D eigenvalue weighted by molar-refractivity contribution is 0.111. The van der Waals surface area contributed by atoms with Crippen molar-refractivity contribution in [3.8, 4) is 11.1 Å². The first-order valence-corrected chi connectivity index (χ1v) is 8.74. The van der Waals surface area contributed by atoms with Crippen LogP contribution in [0, 0.1) is 6.92 Å². The van der Waals surface area contributed by atoms with E-state index in [1.54, 1.807) is 0 Å². The second-order valence-corrected chi connectivity index (χ2v) is 6.70. The van der Waals surface area contributed by atoms with Crippen LogP contribution in [0.25, 0.3) is 38.2 Å². The summed E-state index contributed by atoms with van der Waals surface area (Å²) in [6.45, 7) is 2.08. The van der Waals surface area contributed by atoms with E-state index in [-0.39, 0.29) is 0 Å². The number of fused-ring (bicyclic) bond motifs is 3. The van der Waals surface area contributed by atoms with Gasteiger partial charge in [0.25, 0.3) is 0 Å². The Morgan fingerprint density at radius 1 is 0.808 bits per heavy atom. The maximum absolute atomic E-state index is 12.0. The summed E-state index contributed by atoms with van der Waals surface area (Å²) in [5, 5.41) is 4.71. The zero-order chi connectivity index (χ0) is 17.7. The Balaban J connectivity index is 2.03. The Hall–Kier alpha value is -3.39. The summed E-state index contributed by atoms with van der Waals surface area (Å²) >= 11 is 0. The molecular weight excluding hydrogens is 318 g/mol. The molecule has 26 heavy (non-hydrogen) atoms. The summed E-state index contributed by atoms with van der Waals surface area (Å²) in [5.74, 6) is 0. The van der Waals surface area contributed by atoms with Gasteiger partial charge in [0.15, 0.2) is 6.29 Å². The highest BCUT2D eigenvalue weighted by Gasteiger charge is 2.17. The molecule has 5 aromatic rings. The molecule has 2 nitrogen and oxygen atoms in total. The molecule has 0 N–H and O–H groups in total. The van der Waals surface area contributed by atoms with Crippen LogP contribution in [0.2, 0.25) is 0 Å². The number of carbonyl (C=O) groups is 1. The van der Waals surface area contributed by atoms with Gasteiger partial charge < -0.3 is 4.40 Å².